The molecule has 110 valence electrons. The van der Waals surface area contributed by atoms with Gasteiger partial charge in [0.25, 0.3) is 5.56 Å². The molecule has 1 aliphatic heterocycles. The largest absolute Gasteiger partial charge is 0.467 e. The maximum absolute atomic E-state index is 12.3. The van der Waals surface area contributed by atoms with Crippen molar-refractivity contribution in [1.29, 1.82) is 0 Å². The van der Waals surface area contributed by atoms with Crippen molar-refractivity contribution in [3.63, 3.8) is 0 Å². The molecule has 1 aliphatic carbocycles. The van der Waals surface area contributed by atoms with Crippen LogP contribution in [-0.4, -0.2) is 23.4 Å². The molecule has 7 nitrogen and oxygen atoms in total. The van der Waals surface area contributed by atoms with Crippen LogP contribution in [0, 0.1) is 0 Å². The third-order valence-corrected chi connectivity index (χ3v) is 4.96. The summed E-state index contributed by atoms with van der Waals surface area (Å²) in [4.78, 5) is 26.9. The van der Waals surface area contributed by atoms with Crippen molar-refractivity contribution in [2.75, 3.05) is 12.9 Å². The van der Waals surface area contributed by atoms with E-state index < -0.39 is 12.0 Å². The minimum absolute atomic E-state index is 0.175. The Bertz CT molecular complexity index is 704. The van der Waals surface area contributed by atoms with Crippen molar-refractivity contribution in [3.05, 3.63) is 38.0 Å². The van der Waals surface area contributed by atoms with Gasteiger partial charge < -0.3 is 4.74 Å². The molecule has 0 bridgehead atoms. The first-order chi connectivity index (χ1) is 10.2. The molecule has 2 heterocycles. The first-order valence-electron chi connectivity index (χ1n) is 6.67. The Morgan fingerprint density at radius 2 is 2.38 bits per heavy atom. The Morgan fingerprint density at radius 1 is 1.62 bits per heavy atom. The van der Waals surface area contributed by atoms with Gasteiger partial charge in [-0.25, -0.2) is 4.79 Å². The van der Waals surface area contributed by atoms with Gasteiger partial charge >= 0.3 is 5.97 Å². The van der Waals surface area contributed by atoms with E-state index in [0.717, 1.165) is 29.0 Å². The quantitative estimate of drug-likeness (QED) is 0.369. The van der Waals surface area contributed by atoms with Gasteiger partial charge in [0.1, 0.15) is 6.04 Å². The summed E-state index contributed by atoms with van der Waals surface area (Å²) in [5, 5.41) is 4.42. The van der Waals surface area contributed by atoms with Gasteiger partial charge in [-0.2, -0.15) is 0 Å². The van der Waals surface area contributed by atoms with Crippen molar-refractivity contribution in [3.8, 4) is 0 Å². The molecule has 0 spiro atoms. The summed E-state index contributed by atoms with van der Waals surface area (Å²) in [5.74, 6) is 0.514. The fraction of sp³-hybridized carbons (Fsp3) is 0.538. The fourth-order valence-corrected chi connectivity index (χ4v) is 4.11. The topological polar surface area (TPSA) is 97.1 Å². The molecule has 0 saturated heterocycles. The summed E-state index contributed by atoms with van der Waals surface area (Å²) in [6, 6.07) is 0.932. The molecule has 3 rings (SSSR count). The molecule has 0 radical (unpaired) electrons. The van der Waals surface area contributed by atoms with E-state index in [-0.39, 0.29) is 12.1 Å². The number of thioether (sulfide) groups is 1. The lowest BCUT2D eigenvalue weighted by molar-refractivity contribution is -0.143. The van der Waals surface area contributed by atoms with Crippen molar-refractivity contribution in [2.24, 2.45) is 5.11 Å². The highest BCUT2D eigenvalue weighted by Crippen LogP contribution is 2.48. The van der Waals surface area contributed by atoms with E-state index in [9.17, 15) is 9.59 Å². The third kappa shape index (κ3) is 2.41. The molecule has 1 aromatic heterocycles. The summed E-state index contributed by atoms with van der Waals surface area (Å²) in [6.07, 6.45) is 2.13. The minimum atomic E-state index is -0.562. The summed E-state index contributed by atoms with van der Waals surface area (Å²) >= 11 is 1.50. The number of methoxy groups -OCH3 is 1. The molecule has 1 atom stereocenters. The second kappa shape index (κ2) is 5.46. The lowest BCUT2D eigenvalue weighted by atomic mass is 10.1. The smallest absolute Gasteiger partial charge is 0.329 e. The molecule has 0 aromatic carbocycles. The first kappa shape index (κ1) is 14.0. The van der Waals surface area contributed by atoms with E-state index in [0.29, 0.717) is 11.7 Å². The van der Waals surface area contributed by atoms with Gasteiger partial charge in [0.05, 0.1) is 18.7 Å². The molecule has 1 aromatic rings. The predicted octanol–water partition coefficient (Wildman–Crippen LogP) is 2.36. The normalized spacial score (nSPS) is 19.8. The Kier molecular flexibility index (Phi) is 3.65. The SMILES string of the molecule is COC(=O)[C@@H]1CSc2c(C3CC3)c(CN=[N+]=[N-])cc(=O)n21. The van der Waals surface area contributed by atoms with Crippen LogP contribution in [0.5, 0.6) is 0 Å². The van der Waals surface area contributed by atoms with Gasteiger partial charge in [-0.15, -0.1) is 11.8 Å². The zero-order valence-electron chi connectivity index (χ0n) is 11.5. The molecule has 8 heteroatoms. The highest BCUT2D eigenvalue weighted by Gasteiger charge is 2.37. The van der Waals surface area contributed by atoms with E-state index >= 15 is 0 Å². The number of hydrogen-bond acceptors (Lipinski definition) is 5. The first-order valence-corrected chi connectivity index (χ1v) is 7.65. The molecular formula is C13H14N4O3S. The Hall–Kier alpha value is -1.92. The van der Waals surface area contributed by atoms with Crippen LogP contribution in [0.25, 0.3) is 10.4 Å². The molecule has 1 saturated carbocycles. The highest BCUT2D eigenvalue weighted by molar-refractivity contribution is 7.99. The zero-order valence-corrected chi connectivity index (χ0v) is 12.3. The van der Waals surface area contributed by atoms with E-state index in [1.165, 1.54) is 29.5 Å². The average molecular weight is 306 g/mol. The van der Waals surface area contributed by atoms with E-state index in [1.807, 2.05) is 0 Å². The van der Waals surface area contributed by atoms with Crippen molar-refractivity contribution in [2.45, 2.75) is 36.4 Å². The molecule has 1 fully saturated rings. The third-order valence-electron chi connectivity index (χ3n) is 3.78. The zero-order chi connectivity index (χ0) is 15.0. The summed E-state index contributed by atoms with van der Waals surface area (Å²) < 4.78 is 6.31. The number of carbonyl (C=O) groups is 1. The highest BCUT2D eigenvalue weighted by atomic mass is 32.2. The number of hydrogen-bond donors (Lipinski definition) is 0. The Balaban J connectivity index is 2.14. The number of fused-ring (bicyclic) bond motifs is 1. The van der Waals surface area contributed by atoms with Gasteiger partial charge in [0.2, 0.25) is 0 Å². The number of rotatable bonds is 4. The predicted molar refractivity (Wildman–Crippen MR) is 77.3 cm³/mol. The van der Waals surface area contributed by atoms with Gasteiger partial charge in [-0.3, -0.25) is 9.36 Å². The molecule has 0 unspecified atom stereocenters. The number of esters is 1. The Labute approximate surface area is 124 Å². The molecule has 2 aliphatic rings. The number of azide groups is 1. The fourth-order valence-electron chi connectivity index (χ4n) is 2.70. The summed E-state index contributed by atoms with van der Waals surface area (Å²) in [7, 11) is 1.33. The van der Waals surface area contributed by atoms with E-state index in [1.54, 1.807) is 0 Å². The van der Waals surface area contributed by atoms with Crippen LogP contribution in [0.15, 0.2) is 21.0 Å². The maximum atomic E-state index is 12.3. The van der Waals surface area contributed by atoms with Crippen LogP contribution >= 0.6 is 11.8 Å². The summed E-state index contributed by atoms with van der Waals surface area (Å²) in [6.45, 7) is 0.175. The minimum Gasteiger partial charge on any atom is -0.467 e. The number of nitrogens with zero attached hydrogens (tertiary/aromatic N) is 4. The van der Waals surface area contributed by atoms with Gasteiger partial charge in [0, 0.05) is 16.7 Å². The average Bonchev–Trinajstić information content (AvgIpc) is 3.21. The van der Waals surface area contributed by atoms with Crippen molar-refractivity contribution < 1.29 is 9.53 Å². The van der Waals surface area contributed by atoms with Crippen molar-refractivity contribution in [1.82, 2.24) is 4.57 Å². The van der Waals surface area contributed by atoms with Gasteiger partial charge in [-0.1, -0.05) is 5.11 Å². The standard InChI is InChI=1S/C13H14N4O3S/c1-20-13(19)9-6-21-12-11(7-2-3-7)8(5-15-16-14)4-10(18)17(9)12/h4,7,9H,2-3,5-6H2,1H3/t9-/m0/s1. The lowest BCUT2D eigenvalue weighted by Gasteiger charge is -2.15. The van der Waals surface area contributed by atoms with Gasteiger partial charge in [0.15, 0.2) is 0 Å². The van der Waals surface area contributed by atoms with Crippen LogP contribution in [0.1, 0.15) is 35.9 Å². The molecular weight excluding hydrogens is 292 g/mol. The lowest BCUT2D eigenvalue weighted by Crippen LogP contribution is -2.30. The number of carbonyl (C=O) groups excluding carboxylic acids is 1. The van der Waals surface area contributed by atoms with Crippen molar-refractivity contribution >= 4 is 17.7 Å². The van der Waals surface area contributed by atoms with Crippen LogP contribution in [-0.2, 0) is 16.1 Å². The maximum Gasteiger partial charge on any atom is 0.329 e. The molecule has 0 amide bonds. The van der Waals surface area contributed by atoms with Crippen LogP contribution < -0.4 is 5.56 Å². The molecule has 0 N–H and O–H groups in total. The second-order valence-corrected chi connectivity index (χ2v) is 6.12. The number of aromatic nitrogens is 1. The Morgan fingerprint density at radius 3 is 3.00 bits per heavy atom. The number of pyridine rings is 1. The van der Waals surface area contributed by atoms with Crippen LogP contribution in [0.3, 0.4) is 0 Å². The number of ether oxygens (including phenoxy) is 1. The van der Waals surface area contributed by atoms with Crippen LogP contribution in [0.2, 0.25) is 0 Å². The molecule has 21 heavy (non-hydrogen) atoms. The summed E-state index contributed by atoms with van der Waals surface area (Å²) in [5.41, 5.74) is 10.1. The van der Waals surface area contributed by atoms with Crippen LogP contribution in [0.4, 0.5) is 0 Å². The second-order valence-electron chi connectivity index (χ2n) is 5.11. The van der Waals surface area contributed by atoms with E-state index in [2.05, 4.69) is 10.0 Å². The van der Waals surface area contributed by atoms with Gasteiger partial charge in [-0.05, 0) is 35.4 Å². The monoisotopic (exact) mass is 306 g/mol. The van der Waals surface area contributed by atoms with E-state index in [4.69, 9.17) is 10.3 Å².